The molecule has 0 atom stereocenters. The highest BCUT2D eigenvalue weighted by molar-refractivity contribution is 5.65. The minimum atomic E-state index is -4.44. The van der Waals surface area contributed by atoms with Crippen LogP contribution in [0, 0.1) is 0 Å². The lowest BCUT2D eigenvalue weighted by Gasteiger charge is -2.39. The Morgan fingerprint density at radius 2 is 2.04 bits per heavy atom. The van der Waals surface area contributed by atoms with Crippen molar-refractivity contribution in [1.82, 2.24) is 10.2 Å². The molecule has 0 aliphatic carbocycles. The van der Waals surface area contributed by atoms with E-state index in [2.05, 4.69) is 15.2 Å². The van der Waals surface area contributed by atoms with Crippen LogP contribution in [0.5, 0.6) is 0 Å². The normalized spacial score (nSPS) is 22.6. The van der Waals surface area contributed by atoms with Crippen molar-refractivity contribution in [2.75, 3.05) is 13.1 Å². The van der Waals surface area contributed by atoms with Crippen molar-refractivity contribution >= 4 is 6.34 Å². The van der Waals surface area contributed by atoms with E-state index in [4.69, 9.17) is 9.15 Å². The van der Waals surface area contributed by atoms with Gasteiger partial charge in [-0.05, 0) is 12.1 Å². The quantitative estimate of drug-likeness (QED) is 0.900. The summed E-state index contributed by atoms with van der Waals surface area (Å²) in [5.74, 6) is -0.622. The van der Waals surface area contributed by atoms with Crippen LogP contribution in [0.1, 0.15) is 24.4 Å². The van der Waals surface area contributed by atoms with Crippen LogP contribution in [-0.4, -0.2) is 29.9 Å². The summed E-state index contributed by atoms with van der Waals surface area (Å²) in [6.07, 6.45) is 2.21. The molecule has 24 heavy (non-hydrogen) atoms. The monoisotopic (exact) mass is 339 g/mol. The molecule has 0 saturated carbocycles. The number of hydrogen-bond acceptors (Lipinski definition) is 5. The molecule has 1 spiro atoms. The van der Waals surface area contributed by atoms with Gasteiger partial charge in [0.05, 0.1) is 18.6 Å². The number of aliphatic imine (C=N–C) groups is 1. The van der Waals surface area contributed by atoms with Crippen molar-refractivity contribution in [2.45, 2.75) is 31.2 Å². The third-order valence-corrected chi connectivity index (χ3v) is 4.67. The van der Waals surface area contributed by atoms with Crippen molar-refractivity contribution in [3.63, 3.8) is 0 Å². The number of rotatable bonds is 2. The summed E-state index contributed by atoms with van der Waals surface area (Å²) >= 11 is 0. The number of nitrogens with one attached hydrogen (secondary N) is 1. The summed E-state index contributed by atoms with van der Waals surface area (Å²) in [6.45, 7) is 1.79. The fraction of sp³-hybridized carbons (Fsp3) is 0.438. The maximum absolute atomic E-state index is 12.6. The van der Waals surface area contributed by atoms with Gasteiger partial charge in [-0.25, -0.2) is 4.99 Å². The number of piperidine rings is 1. The Bertz CT molecular complexity index is 725. The minimum absolute atomic E-state index is 0.326. The van der Waals surface area contributed by atoms with E-state index in [9.17, 15) is 13.2 Å². The van der Waals surface area contributed by atoms with Crippen LogP contribution in [0.3, 0.4) is 0 Å². The lowest BCUT2D eigenvalue weighted by molar-refractivity contribution is -0.153. The Hall–Kier alpha value is -2.22. The molecule has 0 unspecified atom stereocenters. The van der Waals surface area contributed by atoms with Gasteiger partial charge in [0.15, 0.2) is 0 Å². The second kappa shape index (κ2) is 5.41. The van der Waals surface area contributed by atoms with Gasteiger partial charge in [0.25, 0.3) is 0 Å². The average Bonchev–Trinajstić information content (AvgIpc) is 3.16. The number of alkyl halides is 3. The van der Waals surface area contributed by atoms with E-state index in [1.807, 2.05) is 6.20 Å². The highest BCUT2D eigenvalue weighted by atomic mass is 19.4. The van der Waals surface area contributed by atoms with Gasteiger partial charge in [0.1, 0.15) is 17.6 Å². The topological polar surface area (TPSA) is 50.0 Å². The first-order chi connectivity index (χ1) is 11.5. The van der Waals surface area contributed by atoms with Crippen molar-refractivity contribution in [3.05, 3.63) is 47.4 Å². The fourth-order valence-corrected chi connectivity index (χ4v) is 3.36. The van der Waals surface area contributed by atoms with Gasteiger partial charge in [0.2, 0.25) is 5.76 Å². The lowest BCUT2D eigenvalue weighted by atomic mass is 9.84. The Kier molecular flexibility index (Phi) is 3.45. The van der Waals surface area contributed by atoms with Gasteiger partial charge in [-0.2, -0.15) is 13.2 Å². The van der Waals surface area contributed by atoms with Crippen LogP contribution < -0.4 is 5.32 Å². The number of nitrogens with zero attached hydrogens (tertiary/aromatic N) is 2. The zero-order chi connectivity index (χ0) is 16.8. The van der Waals surface area contributed by atoms with Gasteiger partial charge >= 0.3 is 6.18 Å². The maximum atomic E-state index is 12.6. The molecule has 4 rings (SSSR count). The second-order valence-electron chi connectivity index (χ2n) is 6.15. The van der Waals surface area contributed by atoms with Gasteiger partial charge in [0, 0.05) is 37.7 Å². The predicted octanol–water partition coefficient (Wildman–Crippen LogP) is 3.02. The molecule has 1 aromatic rings. The molecular weight excluding hydrogens is 323 g/mol. The first kappa shape index (κ1) is 15.3. The Balaban J connectivity index is 1.40. The molecule has 1 aromatic heterocycles. The van der Waals surface area contributed by atoms with E-state index in [1.54, 1.807) is 12.6 Å². The molecule has 0 radical (unpaired) electrons. The number of halogens is 3. The zero-order valence-electron chi connectivity index (χ0n) is 12.8. The van der Waals surface area contributed by atoms with Crippen molar-refractivity contribution in [1.29, 1.82) is 0 Å². The molecule has 1 saturated heterocycles. The number of fused-ring (bicyclic) bond motifs is 2. The molecule has 1 fully saturated rings. The first-order valence-corrected chi connectivity index (χ1v) is 7.72. The van der Waals surface area contributed by atoms with Crippen molar-refractivity contribution in [2.24, 2.45) is 4.99 Å². The molecule has 3 aliphatic heterocycles. The third kappa shape index (κ3) is 2.60. The summed E-state index contributed by atoms with van der Waals surface area (Å²) in [5, 5.41) is 3.06. The van der Waals surface area contributed by atoms with Crippen LogP contribution in [-0.2, 0) is 17.5 Å². The Morgan fingerprint density at radius 3 is 2.75 bits per heavy atom. The van der Waals surface area contributed by atoms with Gasteiger partial charge in [-0.1, -0.05) is 0 Å². The van der Waals surface area contributed by atoms with Crippen molar-refractivity contribution < 1.29 is 22.3 Å². The standard InChI is InChI=1S/C16H16F3N3O2/c17-16(18,19)14-2-1-11(24-14)8-22-5-3-15(4-6-22)12-7-20-10-21-13(12)9-23-15/h1-2,7,9-10H,3-6,8H2,(H,20,21). The molecular formula is C16H16F3N3O2. The van der Waals surface area contributed by atoms with Crippen LogP contribution in [0.15, 0.2) is 45.3 Å². The smallest absolute Gasteiger partial charge is 0.449 e. The van der Waals surface area contributed by atoms with Crippen LogP contribution in [0.4, 0.5) is 13.2 Å². The SMILES string of the molecule is FC(F)(F)c1ccc(CN2CCC3(CC2)OC=C2NC=NC=C23)o1. The fourth-order valence-electron chi connectivity index (χ4n) is 3.36. The van der Waals surface area contributed by atoms with E-state index in [-0.39, 0.29) is 5.60 Å². The van der Waals surface area contributed by atoms with E-state index in [0.717, 1.165) is 30.2 Å². The summed E-state index contributed by atoms with van der Waals surface area (Å²) in [5.41, 5.74) is 1.60. The first-order valence-electron chi connectivity index (χ1n) is 7.72. The molecule has 0 bridgehead atoms. The third-order valence-electron chi connectivity index (χ3n) is 4.67. The summed E-state index contributed by atoms with van der Waals surface area (Å²) < 4.78 is 48.6. The maximum Gasteiger partial charge on any atom is 0.449 e. The summed E-state index contributed by atoms with van der Waals surface area (Å²) in [7, 11) is 0. The van der Waals surface area contributed by atoms with Crippen LogP contribution in [0.25, 0.3) is 0 Å². The van der Waals surface area contributed by atoms with E-state index in [1.165, 1.54) is 6.07 Å². The summed E-state index contributed by atoms with van der Waals surface area (Å²) in [4.78, 5) is 6.20. The molecule has 8 heteroatoms. The highest BCUT2D eigenvalue weighted by Crippen LogP contribution is 2.42. The van der Waals surface area contributed by atoms with E-state index in [0.29, 0.717) is 25.4 Å². The number of ether oxygens (including phenoxy) is 1. The molecule has 4 heterocycles. The number of hydrogen-bond donors (Lipinski definition) is 1. The van der Waals surface area contributed by atoms with Crippen LogP contribution in [0.2, 0.25) is 0 Å². The minimum Gasteiger partial charge on any atom is -0.488 e. The van der Waals surface area contributed by atoms with Gasteiger partial charge < -0.3 is 14.5 Å². The zero-order valence-corrected chi connectivity index (χ0v) is 12.8. The van der Waals surface area contributed by atoms with Crippen molar-refractivity contribution in [3.8, 4) is 0 Å². The van der Waals surface area contributed by atoms with E-state index < -0.39 is 11.9 Å². The largest absolute Gasteiger partial charge is 0.488 e. The average molecular weight is 339 g/mol. The molecule has 3 aliphatic rings. The highest BCUT2D eigenvalue weighted by Gasteiger charge is 2.45. The molecule has 1 N–H and O–H groups in total. The van der Waals surface area contributed by atoms with Crippen LogP contribution >= 0.6 is 0 Å². The molecule has 128 valence electrons. The molecule has 5 nitrogen and oxygen atoms in total. The second-order valence-corrected chi connectivity index (χ2v) is 6.15. The van der Waals surface area contributed by atoms with Gasteiger partial charge in [-0.3, -0.25) is 4.90 Å². The predicted molar refractivity (Wildman–Crippen MR) is 79.8 cm³/mol. The van der Waals surface area contributed by atoms with E-state index >= 15 is 0 Å². The molecule has 0 amide bonds. The Morgan fingerprint density at radius 1 is 1.25 bits per heavy atom. The Labute approximate surface area is 136 Å². The number of furan rings is 1. The number of likely N-dealkylation sites (tertiary alicyclic amines) is 1. The summed E-state index contributed by atoms with van der Waals surface area (Å²) in [6, 6.07) is 2.37. The lowest BCUT2D eigenvalue weighted by Crippen LogP contribution is -2.45. The van der Waals surface area contributed by atoms with Gasteiger partial charge in [-0.15, -0.1) is 0 Å². The molecule has 0 aromatic carbocycles.